The van der Waals surface area contributed by atoms with E-state index in [1.165, 1.54) is 30.6 Å². The zero-order valence-electron chi connectivity index (χ0n) is 12.6. The van der Waals surface area contributed by atoms with Crippen molar-refractivity contribution >= 4 is 23.5 Å². The van der Waals surface area contributed by atoms with Crippen molar-refractivity contribution in [1.29, 1.82) is 0 Å². The van der Waals surface area contributed by atoms with Crippen molar-refractivity contribution in [2.75, 3.05) is 25.6 Å². The first kappa shape index (κ1) is 16.2. The van der Waals surface area contributed by atoms with Crippen molar-refractivity contribution < 1.29 is 9.53 Å². The molecule has 0 unspecified atom stereocenters. The second-order valence-electron chi connectivity index (χ2n) is 5.28. The Hall–Kier alpha value is -1.20. The molecule has 116 valence electrons. The van der Waals surface area contributed by atoms with Gasteiger partial charge >= 0.3 is 6.03 Å². The Morgan fingerprint density at radius 1 is 1.29 bits per heavy atom. The zero-order valence-corrected chi connectivity index (χ0v) is 13.4. The Kier molecular flexibility index (Phi) is 6.89. The number of anilines is 1. The molecule has 1 aliphatic rings. The second-order valence-corrected chi connectivity index (χ2v) is 6.65. The number of rotatable bonds is 7. The molecule has 1 fully saturated rings. The molecular weight excluding hydrogens is 284 g/mol. The van der Waals surface area contributed by atoms with Crippen LogP contribution < -0.4 is 10.6 Å². The van der Waals surface area contributed by atoms with Gasteiger partial charge in [0.15, 0.2) is 0 Å². The van der Waals surface area contributed by atoms with Crippen LogP contribution in [0.25, 0.3) is 0 Å². The summed E-state index contributed by atoms with van der Waals surface area (Å²) in [5, 5.41) is 6.41. The van der Waals surface area contributed by atoms with E-state index < -0.39 is 0 Å². The smallest absolute Gasteiger partial charge is 0.319 e. The number of benzene rings is 1. The number of amides is 2. The number of ether oxygens (including phenoxy) is 1. The molecule has 0 atom stereocenters. The molecule has 0 spiro atoms. The highest BCUT2D eigenvalue weighted by Gasteiger charge is 2.15. The number of nitrogens with one attached hydrogen (secondary N) is 2. The van der Waals surface area contributed by atoms with Gasteiger partial charge in [0.05, 0.1) is 0 Å². The standard InChI is InChI=1S/C16H24N2O2S/c1-20-12-4-11-17-16(19)18-13-7-9-15(10-8-13)21-14-5-2-3-6-14/h7-10,14H,2-6,11-12H2,1H3,(H2,17,18,19). The number of thioether (sulfide) groups is 1. The maximum absolute atomic E-state index is 11.7. The SMILES string of the molecule is COCCCNC(=O)Nc1ccc(SC2CCCC2)cc1. The average molecular weight is 308 g/mol. The van der Waals surface area contributed by atoms with E-state index in [4.69, 9.17) is 4.74 Å². The predicted molar refractivity (Wildman–Crippen MR) is 88.1 cm³/mol. The average Bonchev–Trinajstić information content (AvgIpc) is 2.99. The lowest BCUT2D eigenvalue weighted by Crippen LogP contribution is -2.29. The van der Waals surface area contributed by atoms with Crippen molar-refractivity contribution in [3.05, 3.63) is 24.3 Å². The monoisotopic (exact) mass is 308 g/mol. The largest absolute Gasteiger partial charge is 0.385 e. The summed E-state index contributed by atoms with van der Waals surface area (Å²) in [6.45, 7) is 1.28. The first-order chi connectivity index (χ1) is 10.3. The van der Waals surface area contributed by atoms with Gasteiger partial charge in [0.25, 0.3) is 0 Å². The summed E-state index contributed by atoms with van der Waals surface area (Å²) in [6, 6.07) is 7.94. The Morgan fingerprint density at radius 2 is 2.00 bits per heavy atom. The highest BCUT2D eigenvalue weighted by Crippen LogP contribution is 2.34. The minimum atomic E-state index is -0.165. The van der Waals surface area contributed by atoms with Crippen LogP contribution in [0.2, 0.25) is 0 Å². The Bertz CT molecular complexity index is 430. The van der Waals surface area contributed by atoms with E-state index in [9.17, 15) is 4.79 Å². The van der Waals surface area contributed by atoms with Gasteiger partial charge in [-0.25, -0.2) is 4.79 Å². The molecular formula is C16H24N2O2S. The molecule has 0 aliphatic heterocycles. The number of hydrogen-bond acceptors (Lipinski definition) is 3. The van der Waals surface area contributed by atoms with Crippen LogP contribution in [0, 0.1) is 0 Å². The van der Waals surface area contributed by atoms with Crippen LogP contribution in [0.5, 0.6) is 0 Å². The fourth-order valence-corrected chi connectivity index (χ4v) is 3.66. The fourth-order valence-electron chi connectivity index (χ4n) is 2.41. The number of hydrogen-bond donors (Lipinski definition) is 2. The van der Waals surface area contributed by atoms with Crippen LogP contribution in [0.3, 0.4) is 0 Å². The van der Waals surface area contributed by atoms with Crippen LogP contribution in [-0.4, -0.2) is 31.5 Å². The highest BCUT2D eigenvalue weighted by atomic mass is 32.2. The molecule has 4 nitrogen and oxygen atoms in total. The van der Waals surface area contributed by atoms with Crippen molar-refractivity contribution in [1.82, 2.24) is 5.32 Å². The van der Waals surface area contributed by atoms with E-state index in [0.29, 0.717) is 13.2 Å². The fraction of sp³-hybridized carbons (Fsp3) is 0.562. The maximum atomic E-state index is 11.7. The summed E-state index contributed by atoms with van der Waals surface area (Å²) in [4.78, 5) is 13.0. The van der Waals surface area contributed by atoms with Gasteiger partial charge in [-0.1, -0.05) is 12.8 Å². The lowest BCUT2D eigenvalue weighted by Gasteiger charge is -2.10. The van der Waals surface area contributed by atoms with Gasteiger partial charge in [-0.15, -0.1) is 11.8 Å². The summed E-state index contributed by atoms with van der Waals surface area (Å²) >= 11 is 1.96. The van der Waals surface area contributed by atoms with Gasteiger partial charge in [-0.05, 0) is 43.5 Å². The summed E-state index contributed by atoms with van der Waals surface area (Å²) in [7, 11) is 1.66. The van der Waals surface area contributed by atoms with E-state index in [1.54, 1.807) is 7.11 Å². The molecule has 0 heterocycles. The zero-order chi connectivity index (χ0) is 14.9. The Balaban J connectivity index is 1.72. The molecule has 21 heavy (non-hydrogen) atoms. The first-order valence-corrected chi connectivity index (χ1v) is 8.46. The molecule has 2 amide bonds. The van der Waals surface area contributed by atoms with Gasteiger partial charge in [-0.2, -0.15) is 0 Å². The van der Waals surface area contributed by atoms with Crippen molar-refractivity contribution in [2.24, 2.45) is 0 Å². The third kappa shape index (κ3) is 5.98. The Labute approximate surface area is 131 Å². The van der Waals surface area contributed by atoms with E-state index in [0.717, 1.165) is 17.4 Å². The number of carbonyl (C=O) groups is 1. The van der Waals surface area contributed by atoms with E-state index in [2.05, 4.69) is 22.8 Å². The molecule has 5 heteroatoms. The molecule has 1 aromatic rings. The number of urea groups is 1. The molecule has 1 aromatic carbocycles. The summed E-state index contributed by atoms with van der Waals surface area (Å²) in [5.74, 6) is 0. The van der Waals surface area contributed by atoms with Crippen LogP contribution in [-0.2, 0) is 4.74 Å². The minimum absolute atomic E-state index is 0.165. The van der Waals surface area contributed by atoms with E-state index in [1.807, 2.05) is 23.9 Å². The van der Waals surface area contributed by atoms with Gasteiger partial charge in [0.1, 0.15) is 0 Å². The lowest BCUT2D eigenvalue weighted by atomic mass is 10.3. The molecule has 1 aliphatic carbocycles. The normalized spacial score (nSPS) is 15.1. The number of methoxy groups -OCH3 is 1. The summed E-state index contributed by atoms with van der Waals surface area (Å²) in [5.41, 5.74) is 0.829. The molecule has 1 saturated carbocycles. The van der Waals surface area contributed by atoms with Crippen molar-refractivity contribution in [3.63, 3.8) is 0 Å². The number of carbonyl (C=O) groups excluding carboxylic acids is 1. The summed E-state index contributed by atoms with van der Waals surface area (Å²) < 4.78 is 4.94. The minimum Gasteiger partial charge on any atom is -0.385 e. The molecule has 2 rings (SSSR count). The van der Waals surface area contributed by atoms with Crippen LogP contribution in [0.4, 0.5) is 10.5 Å². The topological polar surface area (TPSA) is 50.4 Å². The highest BCUT2D eigenvalue weighted by molar-refractivity contribution is 8.00. The Morgan fingerprint density at radius 3 is 2.67 bits per heavy atom. The van der Waals surface area contributed by atoms with E-state index in [-0.39, 0.29) is 6.03 Å². The third-order valence-electron chi connectivity index (χ3n) is 3.53. The van der Waals surface area contributed by atoms with Gasteiger partial charge in [-0.3, -0.25) is 0 Å². The molecule has 0 bridgehead atoms. The predicted octanol–water partition coefficient (Wildman–Crippen LogP) is 3.88. The third-order valence-corrected chi connectivity index (χ3v) is 4.88. The molecule has 0 saturated heterocycles. The lowest BCUT2D eigenvalue weighted by molar-refractivity contribution is 0.194. The van der Waals surface area contributed by atoms with Gasteiger partial charge in [0.2, 0.25) is 0 Å². The van der Waals surface area contributed by atoms with Crippen LogP contribution in [0.1, 0.15) is 32.1 Å². The van der Waals surface area contributed by atoms with Gasteiger partial charge < -0.3 is 15.4 Å². The molecule has 0 aromatic heterocycles. The van der Waals surface area contributed by atoms with E-state index >= 15 is 0 Å². The quantitative estimate of drug-likeness (QED) is 0.752. The van der Waals surface area contributed by atoms with Gasteiger partial charge in [0, 0.05) is 36.1 Å². The molecule has 0 radical (unpaired) electrons. The van der Waals surface area contributed by atoms with Crippen LogP contribution >= 0.6 is 11.8 Å². The summed E-state index contributed by atoms with van der Waals surface area (Å²) in [6.07, 6.45) is 6.20. The van der Waals surface area contributed by atoms with Crippen molar-refractivity contribution in [2.45, 2.75) is 42.2 Å². The second kappa shape index (κ2) is 8.95. The van der Waals surface area contributed by atoms with Crippen molar-refractivity contribution in [3.8, 4) is 0 Å². The molecule has 2 N–H and O–H groups in total. The van der Waals surface area contributed by atoms with Crippen LogP contribution in [0.15, 0.2) is 29.2 Å². The first-order valence-electron chi connectivity index (χ1n) is 7.58. The maximum Gasteiger partial charge on any atom is 0.319 e.